The second kappa shape index (κ2) is 11.9. The largest absolute Gasteiger partial charge is 0.356 e. The van der Waals surface area contributed by atoms with E-state index < -0.39 is 6.04 Å². The summed E-state index contributed by atoms with van der Waals surface area (Å²) < 4.78 is 0. The van der Waals surface area contributed by atoms with E-state index in [0.29, 0.717) is 26.2 Å². The lowest BCUT2D eigenvalue weighted by Gasteiger charge is -2.12. The van der Waals surface area contributed by atoms with Gasteiger partial charge in [0.15, 0.2) is 0 Å². The van der Waals surface area contributed by atoms with Gasteiger partial charge in [0.25, 0.3) is 0 Å². The van der Waals surface area contributed by atoms with Crippen LogP contribution in [0.5, 0.6) is 0 Å². The first-order valence-corrected chi connectivity index (χ1v) is 6.82. The van der Waals surface area contributed by atoms with Crippen molar-refractivity contribution in [1.29, 1.82) is 0 Å². The lowest BCUT2D eigenvalue weighted by molar-refractivity contribution is -0.127. The molecule has 112 valence electrons. The molecule has 0 aliphatic carbocycles. The van der Waals surface area contributed by atoms with E-state index in [0.717, 1.165) is 25.7 Å². The Morgan fingerprint density at radius 1 is 0.895 bits per heavy atom. The number of nitrogens with two attached hydrogens (primary N) is 3. The highest BCUT2D eigenvalue weighted by atomic mass is 16.2. The minimum Gasteiger partial charge on any atom is -0.356 e. The molecule has 0 aliphatic heterocycles. The van der Waals surface area contributed by atoms with Crippen molar-refractivity contribution in [1.82, 2.24) is 10.6 Å². The Bertz CT molecular complexity index is 261. The third-order valence-electron chi connectivity index (χ3n) is 2.63. The van der Waals surface area contributed by atoms with E-state index in [1.165, 1.54) is 0 Å². The van der Waals surface area contributed by atoms with Gasteiger partial charge in [0.1, 0.15) is 0 Å². The number of amides is 2. The van der Waals surface area contributed by atoms with Crippen LogP contribution in [-0.4, -0.2) is 44.0 Å². The molecule has 0 saturated carbocycles. The van der Waals surface area contributed by atoms with Gasteiger partial charge in [-0.1, -0.05) is 0 Å². The van der Waals surface area contributed by atoms with Gasteiger partial charge in [0, 0.05) is 13.1 Å². The molecule has 0 heterocycles. The first-order chi connectivity index (χ1) is 9.11. The molecule has 0 saturated heterocycles. The van der Waals surface area contributed by atoms with Crippen LogP contribution >= 0.6 is 0 Å². The van der Waals surface area contributed by atoms with Gasteiger partial charge in [-0.3, -0.25) is 9.59 Å². The molecule has 8 N–H and O–H groups in total. The average molecular weight is 273 g/mol. The van der Waals surface area contributed by atoms with Crippen molar-refractivity contribution in [3.05, 3.63) is 0 Å². The molecule has 7 heteroatoms. The van der Waals surface area contributed by atoms with E-state index in [9.17, 15) is 9.59 Å². The summed E-state index contributed by atoms with van der Waals surface area (Å²) in [5, 5.41) is 5.39. The predicted molar refractivity (Wildman–Crippen MR) is 75.2 cm³/mol. The standard InChI is InChI=1S/C12H27N5O2/c13-5-1-3-7-16-11(18)9-10(15)12(19)17-8-4-2-6-14/h10H,1-9,13-15H2,(H,16,18)(H,17,19). The molecular weight excluding hydrogens is 246 g/mol. The molecule has 7 nitrogen and oxygen atoms in total. The van der Waals surface area contributed by atoms with Crippen LogP contribution in [0.3, 0.4) is 0 Å². The van der Waals surface area contributed by atoms with Crippen molar-refractivity contribution in [2.24, 2.45) is 17.2 Å². The first kappa shape index (κ1) is 17.8. The predicted octanol–water partition coefficient (Wildman–Crippen LogP) is -1.59. The number of hydrogen-bond donors (Lipinski definition) is 5. The minimum atomic E-state index is -0.799. The lowest BCUT2D eigenvalue weighted by Crippen LogP contribution is -2.44. The second-order valence-corrected chi connectivity index (χ2v) is 4.44. The van der Waals surface area contributed by atoms with Crippen LogP contribution in [0.15, 0.2) is 0 Å². The van der Waals surface area contributed by atoms with E-state index >= 15 is 0 Å². The summed E-state index contributed by atoms with van der Waals surface area (Å²) in [6.45, 7) is 2.33. The van der Waals surface area contributed by atoms with Gasteiger partial charge in [-0.15, -0.1) is 0 Å². The fraction of sp³-hybridized carbons (Fsp3) is 0.833. The van der Waals surface area contributed by atoms with Gasteiger partial charge in [0.2, 0.25) is 11.8 Å². The zero-order valence-corrected chi connectivity index (χ0v) is 11.5. The Morgan fingerprint density at radius 2 is 1.42 bits per heavy atom. The fourth-order valence-electron chi connectivity index (χ4n) is 1.47. The van der Waals surface area contributed by atoms with E-state index in [2.05, 4.69) is 10.6 Å². The Labute approximate surface area is 114 Å². The molecule has 0 aliphatic rings. The monoisotopic (exact) mass is 273 g/mol. The molecule has 0 rings (SSSR count). The maximum Gasteiger partial charge on any atom is 0.237 e. The van der Waals surface area contributed by atoms with E-state index in [1.54, 1.807) is 0 Å². The van der Waals surface area contributed by atoms with Gasteiger partial charge < -0.3 is 27.8 Å². The van der Waals surface area contributed by atoms with E-state index in [-0.39, 0.29) is 18.2 Å². The van der Waals surface area contributed by atoms with Crippen LogP contribution < -0.4 is 27.8 Å². The number of unbranched alkanes of at least 4 members (excludes halogenated alkanes) is 2. The van der Waals surface area contributed by atoms with Gasteiger partial charge in [0.05, 0.1) is 12.5 Å². The van der Waals surface area contributed by atoms with Gasteiger partial charge in [-0.05, 0) is 38.8 Å². The molecule has 1 unspecified atom stereocenters. The van der Waals surface area contributed by atoms with Crippen LogP contribution in [0.25, 0.3) is 0 Å². The van der Waals surface area contributed by atoms with Crippen molar-refractivity contribution in [2.45, 2.75) is 38.1 Å². The highest BCUT2D eigenvalue weighted by molar-refractivity contribution is 5.88. The quantitative estimate of drug-likeness (QED) is 0.289. The molecular formula is C12H27N5O2. The summed E-state index contributed by atoms with van der Waals surface area (Å²) in [5.74, 6) is -0.504. The molecule has 19 heavy (non-hydrogen) atoms. The Kier molecular flexibility index (Phi) is 11.1. The molecule has 0 aromatic carbocycles. The molecule has 0 spiro atoms. The minimum absolute atomic E-state index is 0.00530. The highest BCUT2D eigenvalue weighted by Crippen LogP contribution is 1.91. The third kappa shape index (κ3) is 10.4. The normalized spacial score (nSPS) is 11.9. The lowest BCUT2D eigenvalue weighted by atomic mass is 10.2. The Morgan fingerprint density at radius 3 is 1.95 bits per heavy atom. The van der Waals surface area contributed by atoms with Gasteiger partial charge >= 0.3 is 0 Å². The maximum atomic E-state index is 11.6. The summed E-state index contributed by atoms with van der Waals surface area (Å²) in [4.78, 5) is 23.0. The van der Waals surface area contributed by atoms with Crippen molar-refractivity contribution >= 4 is 11.8 Å². The number of carbonyl (C=O) groups is 2. The zero-order valence-electron chi connectivity index (χ0n) is 11.5. The summed E-state index contributed by atoms with van der Waals surface area (Å²) in [7, 11) is 0. The van der Waals surface area contributed by atoms with Crippen molar-refractivity contribution in [3.63, 3.8) is 0 Å². The van der Waals surface area contributed by atoms with Crippen molar-refractivity contribution in [2.75, 3.05) is 26.2 Å². The summed E-state index contributed by atoms with van der Waals surface area (Å²) >= 11 is 0. The fourth-order valence-corrected chi connectivity index (χ4v) is 1.47. The number of rotatable bonds is 11. The topological polar surface area (TPSA) is 136 Å². The first-order valence-electron chi connectivity index (χ1n) is 6.82. The smallest absolute Gasteiger partial charge is 0.237 e. The SMILES string of the molecule is NCCCCNC(=O)CC(N)C(=O)NCCCCN. The van der Waals surface area contributed by atoms with Crippen molar-refractivity contribution < 1.29 is 9.59 Å². The van der Waals surface area contributed by atoms with E-state index in [1.807, 2.05) is 0 Å². The number of nitrogens with one attached hydrogen (secondary N) is 2. The summed E-state index contributed by atoms with van der Waals surface area (Å²) in [6.07, 6.45) is 3.39. The van der Waals surface area contributed by atoms with Crippen molar-refractivity contribution in [3.8, 4) is 0 Å². The van der Waals surface area contributed by atoms with Crippen LogP contribution in [0.2, 0.25) is 0 Å². The highest BCUT2D eigenvalue weighted by Gasteiger charge is 2.16. The molecule has 0 bridgehead atoms. The van der Waals surface area contributed by atoms with Crippen LogP contribution in [0, 0.1) is 0 Å². The third-order valence-corrected chi connectivity index (χ3v) is 2.63. The maximum absolute atomic E-state index is 11.6. The second-order valence-electron chi connectivity index (χ2n) is 4.44. The molecule has 0 fully saturated rings. The zero-order chi connectivity index (χ0) is 14.5. The molecule has 0 aromatic rings. The van der Waals surface area contributed by atoms with E-state index in [4.69, 9.17) is 17.2 Å². The van der Waals surface area contributed by atoms with Crippen LogP contribution in [-0.2, 0) is 9.59 Å². The Hall–Kier alpha value is -1.18. The molecule has 1 atom stereocenters. The van der Waals surface area contributed by atoms with Crippen LogP contribution in [0.1, 0.15) is 32.1 Å². The average Bonchev–Trinajstić information content (AvgIpc) is 2.39. The van der Waals surface area contributed by atoms with Crippen LogP contribution in [0.4, 0.5) is 0 Å². The molecule has 0 aromatic heterocycles. The Balaban J connectivity index is 3.66. The molecule has 2 amide bonds. The van der Waals surface area contributed by atoms with Gasteiger partial charge in [-0.25, -0.2) is 0 Å². The number of carbonyl (C=O) groups excluding carboxylic acids is 2. The number of hydrogen-bond acceptors (Lipinski definition) is 5. The summed E-state index contributed by atoms with van der Waals surface area (Å²) in [6, 6.07) is -0.799. The molecule has 0 radical (unpaired) electrons. The summed E-state index contributed by atoms with van der Waals surface area (Å²) in [5.41, 5.74) is 16.3. The van der Waals surface area contributed by atoms with Gasteiger partial charge in [-0.2, -0.15) is 0 Å².